The van der Waals surface area contributed by atoms with Gasteiger partial charge in [-0.3, -0.25) is 4.79 Å². The smallest absolute Gasteiger partial charge is 0.321 e. The third-order valence-electron chi connectivity index (χ3n) is 4.51. The highest BCUT2D eigenvalue weighted by atomic mass is 16.2. The van der Waals surface area contributed by atoms with Crippen LogP contribution in [-0.2, 0) is 4.79 Å². The number of piperidine rings is 1. The molecular formula is C17H24N4O2. The van der Waals surface area contributed by atoms with Crippen molar-refractivity contribution in [1.82, 2.24) is 15.1 Å². The fourth-order valence-corrected chi connectivity index (χ4v) is 3.23. The number of amides is 3. The maximum Gasteiger partial charge on any atom is 0.321 e. The minimum atomic E-state index is -0.117. The van der Waals surface area contributed by atoms with Crippen LogP contribution in [0.25, 0.3) is 0 Å². The Hall–Kier alpha value is -2.08. The normalized spacial score (nSPS) is 21.8. The molecule has 0 aromatic heterocycles. The Morgan fingerprint density at radius 3 is 2.52 bits per heavy atom. The van der Waals surface area contributed by atoms with Gasteiger partial charge in [-0.25, -0.2) is 4.79 Å². The van der Waals surface area contributed by atoms with Crippen LogP contribution in [0.1, 0.15) is 12.8 Å². The van der Waals surface area contributed by atoms with Crippen LogP contribution in [0.2, 0.25) is 0 Å². The highest BCUT2D eigenvalue weighted by Crippen LogP contribution is 2.20. The van der Waals surface area contributed by atoms with Crippen molar-refractivity contribution in [2.45, 2.75) is 12.8 Å². The summed E-state index contributed by atoms with van der Waals surface area (Å²) in [6.45, 7) is 4.48. The summed E-state index contributed by atoms with van der Waals surface area (Å²) in [7, 11) is 0. The van der Waals surface area contributed by atoms with Gasteiger partial charge in [0.1, 0.15) is 0 Å². The maximum absolute atomic E-state index is 12.6. The molecule has 3 amide bonds. The van der Waals surface area contributed by atoms with Crippen molar-refractivity contribution < 1.29 is 9.59 Å². The third kappa shape index (κ3) is 4.01. The molecule has 124 valence electrons. The quantitative estimate of drug-likeness (QED) is 0.866. The first-order valence-corrected chi connectivity index (χ1v) is 8.34. The second-order valence-electron chi connectivity index (χ2n) is 6.16. The molecule has 0 radical (unpaired) electrons. The summed E-state index contributed by atoms with van der Waals surface area (Å²) < 4.78 is 0. The lowest BCUT2D eigenvalue weighted by atomic mass is 9.96. The van der Waals surface area contributed by atoms with Crippen molar-refractivity contribution in [3.05, 3.63) is 30.3 Å². The molecule has 0 spiro atoms. The van der Waals surface area contributed by atoms with Gasteiger partial charge < -0.3 is 20.4 Å². The van der Waals surface area contributed by atoms with E-state index >= 15 is 0 Å². The van der Waals surface area contributed by atoms with Crippen molar-refractivity contribution >= 4 is 17.6 Å². The van der Waals surface area contributed by atoms with Crippen LogP contribution in [0.4, 0.5) is 10.5 Å². The molecule has 0 saturated carbocycles. The number of anilines is 1. The Balaban J connectivity index is 1.57. The average Bonchev–Trinajstić information content (AvgIpc) is 2.63. The molecule has 3 rings (SSSR count). The van der Waals surface area contributed by atoms with E-state index in [1.165, 1.54) is 0 Å². The van der Waals surface area contributed by atoms with Crippen molar-refractivity contribution in [2.24, 2.45) is 5.92 Å². The number of nitrogens with zero attached hydrogens (tertiary/aromatic N) is 2. The van der Waals surface area contributed by atoms with Gasteiger partial charge in [-0.05, 0) is 25.0 Å². The van der Waals surface area contributed by atoms with Gasteiger partial charge in [0.05, 0.1) is 5.92 Å². The third-order valence-corrected chi connectivity index (χ3v) is 4.51. The molecular weight excluding hydrogens is 292 g/mol. The van der Waals surface area contributed by atoms with E-state index < -0.39 is 0 Å². The highest BCUT2D eigenvalue weighted by molar-refractivity contribution is 5.90. The van der Waals surface area contributed by atoms with Crippen molar-refractivity contribution in [3.8, 4) is 0 Å². The number of piperazine rings is 1. The molecule has 2 aliphatic heterocycles. The molecule has 2 N–H and O–H groups in total. The van der Waals surface area contributed by atoms with Crippen LogP contribution in [-0.4, -0.2) is 61.0 Å². The van der Waals surface area contributed by atoms with Gasteiger partial charge in [-0.15, -0.1) is 0 Å². The second kappa shape index (κ2) is 7.46. The number of likely N-dealkylation sites (tertiary alicyclic amines) is 1. The van der Waals surface area contributed by atoms with Gasteiger partial charge in [-0.1, -0.05) is 18.2 Å². The summed E-state index contributed by atoms with van der Waals surface area (Å²) in [5, 5.41) is 6.16. The zero-order valence-electron chi connectivity index (χ0n) is 13.3. The highest BCUT2D eigenvalue weighted by Gasteiger charge is 2.31. The molecule has 2 aliphatic rings. The van der Waals surface area contributed by atoms with Gasteiger partial charge in [0.2, 0.25) is 5.91 Å². The molecule has 2 heterocycles. The van der Waals surface area contributed by atoms with E-state index in [1.54, 1.807) is 4.90 Å². The van der Waals surface area contributed by atoms with Crippen molar-refractivity contribution in [1.29, 1.82) is 0 Å². The molecule has 6 nitrogen and oxygen atoms in total. The minimum Gasteiger partial charge on any atom is -0.340 e. The van der Waals surface area contributed by atoms with Crippen LogP contribution in [0, 0.1) is 5.92 Å². The minimum absolute atomic E-state index is 0.0663. The fourth-order valence-electron chi connectivity index (χ4n) is 3.23. The van der Waals surface area contributed by atoms with E-state index in [-0.39, 0.29) is 17.9 Å². The monoisotopic (exact) mass is 316 g/mol. The number of nitrogens with one attached hydrogen (secondary N) is 2. The molecule has 1 aromatic carbocycles. The molecule has 0 bridgehead atoms. The van der Waals surface area contributed by atoms with E-state index in [2.05, 4.69) is 10.6 Å². The van der Waals surface area contributed by atoms with Gasteiger partial charge in [0.25, 0.3) is 0 Å². The number of carbonyl (C=O) groups excluding carboxylic acids is 2. The lowest BCUT2D eigenvalue weighted by Gasteiger charge is -2.36. The Labute approximate surface area is 136 Å². The first-order valence-electron chi connectivity index (χ1n) is 8.34. The lowest BCUT2D eigenvalue weighted by Crippen LogP contribution is -2.52. The number of rotatable bonds is 2. The first kappa shape index (κ1) is 15.8. The van der Waals surface area contributed by atoms with Crippen LogP contribution in [0.15, 0.2) is 30.3 Å². The number of hydrogen-bond acceptors (Lipinski definition) is 3. The summed E-state index contributed by atoms with van der Waals surface area (Å²) in [5.41, 5.74) is 0.785. The molecule has 1 atom stereocenters. The SMILES string of the molecule is O=C(Nc1ccccc1)N1CCCC(C(=O)N2CCNCC2)C1. The predicted molar refractivity (Wildman–Crippen MR) is 89.2 cm³/mol. The van der Waals surface area contributed by atoms with E-state index in [0.717, 1.165) is 44.7 Å². The molecule has 23 heavy (non-hydrogen) atoms. The summed E-state index contributed by atoms with van der Waals surface area (Å²) in [4.78, 5) is 28.7. The number of hydrogen-bond donors (Lipinski definition) is 2. The lowest BCUT2D eigenvalue weighted by molar-refractivity contribution is -0.137. The first-order chi connectivity index (χ1) is 11.2. The maximum atomic E-state index is 12.6. The largest absolute Gasteiger partial charge is 0.340 e. The van der Waals surface area contributed by atoms with Crippen molar-refractivity contribution in [3.63, 3.8) is 0 Å². The Morgan fingerprint density at radius 1 is 1.04 bits per heavy atom. The van der Waals surface area contributed by atoms with Crippen LogP contribution in [0.3, 0.4) is 0 Å². The zero-order valence-corrected chi connectivity index (χ0v) is 13.3. The van der Waals surface area contributed by atoms with Gasteiger partial charge in [-0.2, -0.15) is 0 Å². The molecule has 2 fully saturated rings. The Bertz CT molecular complexity index is 543. The van der Waals surface area contributed by atoms with E-state index in [4.69, 9.17) is 0 Å². The number of para-hydroxylation sites is 1. The molecule has 1 unspecified atom stereocenters. The predicted octanol–water partition coefficient (Wildman–Crippen LogP) is 1.36. The van der Waals surface area contributed by atoms with Gasteiger partial charge in [0, 0.05) is 45.0 Å². The van der Waals surface area contributed by atoms with Crippen LogP contribution >= 0.6 is 0 Å². The number of benzene rings is 1. The van der Waals surface area contributed by atoms with Crippen LogP contribution in [0.5, 0.6) is 0 Å². The van der Waals surface area contributed by atoms with E-state index in [0.29, 0.717) is 13.1 Å². The second-order valence-corrected chi connectivity index (χ2v) is 6.16. The molecule has 6 heteroatoms. The molecule has 0 aliphatic carbocycles. The standard InChI is InChI=1S/C17H24N4O2/c22-16(20-11-8-18-9-12-20)14-5-4-10-21(13-14)17(23)19-15-6-2-1-3-7-15/h1-3,6-7,14,18H,4-5,8-13H2,(H,19,23). The zero-order chi connectivity index (χ0) is 16.1. The number of urea groups is 1. The van der Waals surface area contributed by atoms with E-state index in [1.807, 2.05) is 35.2 Å². The summed E-state index contributed by atoms with van der Waals surface area (Å²) >= 11 is 0. The van der Waals surface area contributed by atoms with Gasteiger partial charge >= 0.3 is 6.03 Å². The molecule has 1 aromatic rings. The van der Waals surface area contributed by atoms with Crippen LogP contribution < -0.4 is 10.6 Å². The van der Waals surface area contributed by atoms with Gasteiger partial charge in [0.15, 0.2) is 0 Å². The fraction of sp³-hybridized carbons (Fsp3) is 0.529. The van der Waals surface area contributed by atoms with E-state index in [9.17, 15) is 9.59 Å². The summed E-state index contributed by atoms with van der Waals surface area (Å²) in [6, 6.07) is 9.31. The summed E-state index contributed by atoms with van der Waals surface area (Å²) in [6.07, 6.45) is 1.75. The van der Waals surface area contributed by atoms with Crippen molar-refractivity contribution in [2.75, 3.05) is 44.6 Å². The number of carbonyl (C=O) groups is 2. The Morgan fingerprint density at radius 2 is 1.78 bits per heavy atom. The molecule has 2 saturated heterocycles. The Kier molecular flexibility index (Phi) is 5.12. The average molecular weight is 316 g/mol. The topological polar surface area (TPSA) is 64.7 Å². The summed E-state index contributed by atoms with van der Waals surface area (Å²) in [5.74, 6) is 0.132.